The Kier molecular flexibility index (Phi) is 3.98. The van der Waals surface area contributed by atoms with E-state index in [1.165, 1.54) is 12.0 Å². The molecule has 2 heterocycles. The number of fused-ring (bicyclic) bond motifs is 1. The molecule has 0 aromatic heterocycles. The van der Waals surface area contributed by atoms with Crippen LogP contribution in [0, 0.1) is 5.41 Å². The molecule has 2 aliphatic heterocycles. The third kappa shape index (κ3) is 2.71. The molecule has 1 saturated heterocycles. The number of urea groups is 1. The van der Waals surface area contributed by atoms with Crippen molar-refractivity contribution < 1.29 is 14.3 Å². The highest BCUT2D eigenvalue weighted by atomic mass is 35.5. The summed E-state index contributed by atoms with van der Waals surface area (Å²) in [6.45, 7) is 0.662. The average molecular weight is 398 g/mol. The summed E-state index contributed by atoms with van der Waals surface area (Å²) in [5.74, 6) is 0.193. The maximum Gasteiger partial charge on any atom is 0.322 e. The van der Waals surface area contributed by atoms with Crippen LogP contribution >= 0.6 is 11.6 Å². The van der Waals surface area contributed by atoms with Gasteiger partial charge in [-0.1, -0.05) is 48.4 Å². The molecule has 1 spiro atoms. The van der Waals surface area contributed by atoms with Crippen molar-refractivity contribution in [2.24, 2.45) is 5.41 Å². The molecule has 1 saturated carbocycles. The number of halogens is 1. The van der Waals surface area contributed by atoms with Gasteiger partial charge in [-0.25, -0.2) is 4.79 Å². The van der Waals surface area contributed by atoms with Crippen molar-refractivity contribution in [2.45, 2.75) is 25.3 Å². The molecule has 28 heavy (non-hydrogen) atoms. The first-order valence-corrected chi connectivity index (χ1v) is 9.82. The Morgan fingerprint density at radius 2 is 2.04 bits per heavy atom. The first kappa shape index (κ1) is 17.4. The number of rotatable bonds is 2. The first-order chi connectivity index (χ1) is 13.6. The molecule has 5 rings (SSSR count). The summed E-state index contributed by atoms with van der Waals surface area (Å²) in [5, 5.41) is 6.08. The lowest BCUT2D eigenvalue weighted by atomic mass is 9.56. The largest absolute Gasteiger partial charge is 0.479 e. The maximum atomic E-state index is 13.1. The van der Waals surface area contributed by atoms with Gasteiger partial charge in [-0.3, -0.25) is 4.79 Å². The molecule has 2 aromatic rings. The molecular formula is C21H20ClN3O3. The molecule has 1 atom stereocenters. The zero-order chi connectivity index (χ0) is 19.3. The molecule has 2 fully saturated rings. The third-order valence-corrected chi connectivity index (χ3v) is 6.24. The smallest absolute Gasteiger partial charge is 0.322 e. The van der Waals surface area contributed by atoms with Crippen molar-refractivity contribution in [2.75, 3.05) is 23.8 Å². The van der Waals surface area contributed by atoms with E-state index in [0.717, 1.165) is 19.4 Å². The minimum absolute atomic E-state index is 0.0816. The zero-order valence-corrected chi connectivity index (χ0v) is 16.0. The normalized spacial score (nSPS) is 21.7. The van der Waals surface area contributed by atoms with Crippen molar-refractivity contribution >= 4 is 34.9 Å². The highest BCUT2D eigenvalue weighted by molar-refractivity contribution is 6.31. The molecule has 0 radical (unpaired) electrons. The Labute approximate surface area is 167 Å². The van der Waals surface area contributed by atoms with Crippen LogP contribution in [0.1, 0.15) is 30.9 Å². The van der Waals surface area contributed by atoms with Gasteiger partial charge in [0.25, 0.3) is 5.91 Å². The van der Waals surface area contributed by atoms with Gasteiger partial charge in [0, 0.05) is 17.0 Å². The number of anilines is 2. The summed E-state index contributed by atoms with van der Waals surface area (Å²) in [6.07, 6.45) is 3.52. The van der Waals surface area contributed by atoms with Crippen molar-refractivity contribution in [1.29, 1.82) is 0 Å². The van der Waals surface area contributed by atoms with Gasteiger partial charge >= 0.3 is 6.03 Å². The number of nitrogens with one attached hydrogen (secondary N) is 2. The Balaban J connectivity index is 1.41. The van der Waals surface area contributed by atoms with Gasteiger partial charge in [-0.05, 0) is 30.5 Å². The Hall–Kier alpha value is -2.73. The lowest BCUT2D eigenvalue weighted by Gasteiger charge is -2.62. The Bertz CT molecular complexity index is 959. The predicted octanol–water partition coefficient (Wildman–Crippen LogP) is 4.43. The van der Waals surface area contributed by atoms with E-state index in [-0.39, 0.29) is 30.0 Å². The fourth-order valence-electron chi connectivity index (χ4n) is 4.60. The summed E-state index contributed by atoms with van der Waals surface area (Å²) in [6, 6.07) is 13.3. The molecule has 6 nitrogen and oxygen atoms in total. The van der Waals surface area contributed by atoms with E-state index in [2.05, 4.69) is 22.8 Å². The monoisotopic (exact) mass is 397 g/mol. The number of hydrogen-bond acceptors (Lipinski definition) is 3. The van der Waals surface area contributed by atoms with Gasteiger partial charge in [0.05, 0.1) is 17.4 Å². The molecule has 3 amide bonds. The van der Waals surface area contributed by atoms with Gasteiger partial charge in [0.2, 0.25) is 0 Å². The lowest BCUT2D eigenvalue weighted by molar-refractivity contribution is -0.118. The van der Waals surface area contributed by atoms with Crippen molar-refractivity contribution in [3.05, 3.63) is 53.1 Å². The van der Waals surface area contributed by atoms with Gasteiger partial charge in [-0.15, -0.1) is 0 Å². The van der Waals surface area contributed by atoms with Gasteiger partial charge in [0.1, 0.15) is 0 Å². The number of nitrogens with zero attached hydrogens (tertiary/aromatic N) is 1. The molecule has 1 aliphatic carbocycles. The van der Waals surface area contributed by atoms with Crippen molar-refractivity contribution in [3.8, 4) is 5.75 Å². The van der Waals surface area contributed by atoms with Crippen molar-refractivity contribution in [1.82, 2.24) is 4.90 Å². The Morgan fingerprint density at radius 1 is 1.25 bits per heavy atom. The maximum absolute atomic E-state index is 13.1. The summed E-state index contributed by atoms with van der Waals surface area (Å²) in [4.78, 5) is 26.5. The summed E-state index contributed by atoms with van der Waals surface area (Å²) in [5.41, 5.74) is 2.31. The van der Waals surface area contributed by atoms with Gasteiger partial charge in [-0.2, -0.15) is 0 Å². The third-order valence-electron chi connectivity index (χ3n) is 6.02. The second-order valence-corrected chi connectivity index (χ2v) is 8.19. The highest BCUT2D eigenvalue weighted by Gasteiger charge is 2.58. The molecule has 1 unspecified atom stereocenters. The van der Waals surface area contributed by atoms with Crippen LogP contribution in [-0.4, -0.2) is 30.0 Å². The Morgan fingerprint density at radius 3 is 2.75 bits per heavy atom. The number of likely N-dealkylation sites (tertiary alicyclic amines) is 1. The second kappa shape index (κ2) is 6.41. The van der Waals surface area contributed by atoms with Crippen LogP contribution in [0.15, 0.2) is 42.5 Å². The van der Waals surface area contributed by atoms with E-state index in [9.17, 15) is 9.59 Å². The van der Waals surface area contributed by atoms with Crippen LogP contribution in [-0.2, 0) is 4.79 Å². The molecule has 7 heteroatoms. The van der Waals surface area contributed by atoms with Crippen LogP contribution in [0.4, 0.5) is 16.2 Å². The van der Waals surface area contributed by atoms with E-state index in [4.69, 9.17) is 16.3 Å². The minimum Gasteiger partial charge on any atom is -0.479 e. The van der Waals surface area contributed by atoms with Gasteiger partial charge < -0.3 is 20.3 Å². The number of benzene rings is 2. The predicted molar refractivity (Wildman–Crippen MR) is 107 cm³/mol. The summed E-state index contributed by atoms with van der Waals surface area (Å²) >= 11 is 6.17. The van der Waals surface area contributed by atoms with E-state index >= 15 is 0 Å². The first-order valence-electron chi connectivity index (χ1n) is 9.45. The summed E-state index contributed by atoms with van der Waals surface area (Å²) in [7, 11) is 0. The van der Waals surface area contributed by atoms with E-state index < -0.39 is 0 Å². The van der Waals surface area contributed by atoms with Crippen molar-refractivity contribution in [3.63, 3.8) is 0 Å². The lowest BCUT2D eigenvalue weighted by Crippen LogP contribution is -2.64. The zero-order valence-electron chi connectivity index (χ0n) is 15.2. The topological polar surface area (TPSA) is 70.7 Å². The van der Waals surface area contributed by atoms with Gasteiger partial charge in [0.15, 0.2) is 12.4 Å². The highest BCUT2D eigenvalue weighted by Crippen LogP contribution is 2.60. The molecule has 2 aromatic carbocycles. The van der Waals surface area contributed by atoms with Crippen LogP contribution in [0.25, 0.3) is 0 Å². The number of amides is 3. The molecule has 3 aliphatic rings. The van der Waals surface area contributed by atoms with Crippen LogP contribution in [0.3, 0.4) is 0 Å². The second-order valence-electron chi connectivity index (χ2n) is 7.75. The van der Waals surface area contributed by atoms with E-state index in [1.54, 1.807) is 12.1 Å². The average Bonchev–Trinajstić information content (AvgIpc) is 2.60. The fourth-order valence-corrected chi connectivity index (χ4v) is 4.82. The SMILES string of the molecule is O=C1COc2c(cc(Cl)cc2NC(=O)N2CC3(CCC3)C2c2ccccc2)N1. The van der Waals surface area contributed by atoms with Crippen LogP contribution in [0.5, 0.6) is 5.75 Å². The standard InChI is InChI=1S/C21H20ClN3O3/c22-14-9-15-18(28-11-17(26)23-15)16(10-14)24-20(27)25-12-21(7-4-8-21)19(25)13-5-2-1-3-6-13/h1-3,5-6,9-10,19H,4,7-8,11-12H2,(H,23,26)(H,24,27). The number of ether oxygens (including phenoxy) is 1. The molecular weight excluding hydrogens is 378 g/mol. The van der Waals surface area contributed by atoms with Crippen LogP contribution in [0.2, 0.25) is 5.02 Å². The molecule has 0 bridgehead atoms. The van der Waals surface area contributed by atoms with E-state index in [1.807, 2.05) is 23.1 Å². The molecule has 144 valence electrons. The van der Waals surface area contributed by atoms with E-state index in [0.29, 0.717) is 22.1 Å². The van der Waals surface area contributed by atoms with Crippen LogP contribution < -0.4 is 15.4 Å². The minimum atomic E-state index is -0.245. The molecule has 2 N–H and O–H groups in total. The number of carbonyl (C=O) groups excluding carboxylic acids is 2. The quantitative estimate of drug-likeness (QED) is 0.787. The summed E-state index contributed by atoms with van der Waals surface area (Å²) < 4.78 is 5.53. The fraction of sp³-hybridized carbons (Fsp3) is 0.333. The number of carbonyl (C=O) groups is 2. The number of hydrogen-bond donors (Lipinski definition) is 2.